The Bertz CT molecular complexity index is 1030. The van der Waals surface area contributed by atoms with Crippen molar-refractivity contribution in [3.63, 3.8) is 0 Å². The van der Waals surface area contributed by atoms with Crippen LogP contribution < -0.4 is 5.73 Å². The number of fused-ring (bicyclic) bond motifs is 2. The third-order valence-corrected chi connectivity index (χ3v) is 6.56. The molecule has 0 saturated carbocycles. The largest absolute Gasteiger partial charge is 0.352 e. The molecular weight excluding hydrogens is 350 g/mol. The van der Waals surface area contributed by atoms with Crippen molar-refractivity contribution in [3.05, 3.63) is 53.6 Å². The molecule has 4 rings (SSSR count). The average molecular weight is 378 g/mol. The lowest BCUT2D eigenvalue weighted by Crippen LogP contribution is -1.99. The highest BCUT2D eigenvalue weighted by atomic mass is 32.1. The fraction of sp³-hybridized carbons (Fsp3) is 0.348. The zero-order valence-corrected chi connectivity index (χ0v) is 16.9. The molecule has 0 aliphatic rings. The summed E-state index contributed by atoms with van der Waals surface area (Å²) in [6, 6.07) is 15.1. The van der Waals surface area contributed by atoms with E-state index in [1.807, 2.05) is 0 Å². The fourth-order valence-electron chi connectivity index (χ4n) is 3.79. The lowest BCUT2D eigenvalue weighted by molar-refractivity contribution is 0.738. The molecule has 2 heterocycles. The molecule has 2 aromatic heterocycles. The molecule has 0 aliphatic heterocycles. The van der Waals surface area contributed by atoms with Crippen LogP contribution in [0.2, 0.25) is 0 Å². The number of unbranched alkanes of at least 4 members (excludes halogenated alkanes) is 1. The van der Waals surface area contributed by atoms with Crippen LogP contribution in [0.4, 0.5) is 0 Å². The second-order valence-electron chi connectivity index (χ2n) is 7.29. The predicted molar refractivity (Wildman–Crippen MR) is 118 cm³/mol. The number of aryl methyl sites for hydroxylation is 1. The molecule has 0 saturated heterocycles. The number of hydrogen-bond donors (Lipinski definition) is 2. The molecule has 1 atom stereocenters. The van der Waals surface area contributed by atoms with E-state index in [1.54, 1.807) is 11.3 Å². The van der Waals surface area contributed by atoms with E-state index in [-0.39, 0.29) is 0 Å². The maximum absolute atomic E-state index is 5.74. The maximum Gasteiger partial charge on any atom is 0.141 e. The summed E-state index contributed by atoms with van der Waals surface area (Å²) in [6.07, 6.45) is 4.33. The number of thiazole rings is 1. The minimum Gasteiger partial charge on any atom is -0.352 e. The maximum atomic E-state index is 5.74. The summed E-state index contributed by atoms with van der Waals surface area (Å²) in [5, 5.41) is 2.43. The van der Waals surface area contributed by atoms with Crippen LogP contribution in [0.3, 0.4) is 0 Å². The van der Waals surface area contributed by atoms with Gasteiger partial charge in [-0.1, -0.05) is 44.2 Å². The minimum absolute atomic E-state index is 0.535. The van der Waals surface area contributed by atoms with Gasteiger partial charge in [0.2, 0.25) is 0 Å². The van der Waals surface area contributed by atoms with Crippen LogP contribution in [0.5, 0.6) is 0 Å². The molecular formula is C23H27N3S. The number of nitrogens with zero attached hydrogens (tertiary/aromatic N) is 1. The van der Waals surface area contributed by atoms with Crippen molar-refractivity contribution < 1.29 is 0 Å². The molecule has 1 unspecified atom stereocenters. The van der Waals surface area contributed by atoms with Crippen molar-refractivity contribution in [3.8, 4) is 10.7 Å². The average Bonchev–Trinajstić information content (AvgIpc) is 3.28. The van der Waals surface area contributed by atoms with E-state index in [9.17, 15) is 0 Å². The van der Waals surface area contributed by atoms with Crippen molar-refractivity contribution in [2.24, 2.45) is 5.73 Å². The molecule has 27 heavy (non-hydrogen) atoms. The number of nitrogens with one attached hydrogen (secondary N) is 1. The highest BCUT2D eigenvalue weighted by Gasteiger charge is 2.19. The van der Waals surface area contributed by atoms with Crippen LogP contribution in [0.25, 0.3) is 31.8 Å². The van der Waals surface area contributed by atoms with Gasteiger partial charge in [0.25, 0.3) is 0 Å². The van der Waals surface area contributed by atoms with Crippen LogP contribution in [0.1, 0.15) is 50.2 Å². The molecule has 3 nitrogen and oxygen atoms in total. The van der Waals surface area contributed by atoms with Crippen molar-refractivity contribution >= 4 is 32.5 Å². The van der Waals surface area contributed by atoms with E-state index in [2.05, 4.69) is 61.3 Å². The third-order valence-electron chi connectivity index (χ3n) is 5.51. The number of hydrogen-bond acceptors (Lipinski definition) is 3. The first-order chi connectivity index (χ1) is 13.2. The van der Waals surface area contributed by atoms with E-state index < -0.39 is 0 Å². The van der Waals surface area contributed by atoms with Crippen molar-refractivity contribution in [2.45, 2.75) is 45.4 Å². The van der Waals surface area contributed by atoms with E-state index in [1.165, 1.54) is 32.4 Å². The number of aromatic nitrogens is 2. The van der Waals surface area contributed by atoms with Gasteiger partial charge in [-0.05, 0) is 61.4 Å². The normalized spacial score (nSPS) is 12.9. The summed E-state index contributed by atoms with van der Waals surface area (Å²) in [6.45, 7) is 5.31. The first kappa shape index (κ1) is 18.2. The molecule has 4 heteroatoms. The van der Waals surface area contributed by atoms with Gasteiger partial charge in [0.05, 0.1) is 15.9 Å². The zero-order valence-electron chi connectivity index (χ0n) is 16.1. The topological polar surface area (TPSA) is 54.7 Å². The quantitative estimate of drug-likeness (QED) is 0.375. The van der Waals surface area contributed by atoms with E-state index in [4.69, 9.17) is 10.7 Å². The standard InChI is InChI=1S/C23H27N3S/c1-3-15(2)16-10-8-11-17-18(9-6-7-14-24)22(26-21(16)17)23-25-19-12-4-5-13-20(19)27-23/h4-5,8,10-13,15,26H,3,6-7,9,14,24H2,1-2H3. The number of H-pyrrole nitrogens is 1. The Hall–Kier alpha value is -2.17. The van der Waals surface area contributed by atoms with Gasteiger partial charge in [0.15, 0.2) is 0 Å². The molecule has 3 N–H and O–H groups in total. The Morgan fingerprint density at radius 1 is 1.11 bits per heavy atom. The summed E-state index contributed by atoms with van der Waals surface area (Å²) in [7, 11) is 0. The van der Waals surface area contributed by atoms with Crippen LogP contribution in [-0.4, -0.2) is 16.5 Å². The van der Waals surface area contributed by atoms with E-state index in [0.717, 1.165) is 42.8 Å². The lowest BCUT2D eigenvalue weighted by atomic mass is 9.95. The van der Waals surface area contributed by atoms with Gasteiger partial charge in [-0.2, -0.15) is 0 Å². The van der Waals surface area contributed by atoms with Crippen molar-refractivity contribution in [2.75, 3.05) is 6.54 Å². The molecule has 4 aromatic rings. The molecule has 0 aliphatic carbocycles. The summed E-state index contributed by atoms with van der Waals surface area (Å²) < 4.78 is 1.24. The smallest absolute Gasteiger partial charge is 0.141 e. The monoisotopic (exact) mass is 377 g/mol. The molecule has 0 fully saturated rings. The first-order valence-electron chi connectivity index (χ1n) is 9.92. The second-order valence-corrected chi connectivity index (χ2v) is 8.32. The Morgan fingerprint density at radius 3 is 2.74 bits per heavy atom. The fourth-order valence-corrected chi connectivity index (χ4v) is 4.79. The predicted octanol–water partition coefficient (Wildman–Crippen LogP) is 6.24. The summed E-state index contributed by atoms with van der Waals surface area (Å²) in [5.41, 5.74) is 12.1. The molecule has 0 radical (unpaired) electrons. The van der Waals surface area contributed by atoms with Crippen molar-refractivity contribution in [1.29, 1.82) is 0 Å². The zero-order chi connectivity index (χ0) is 18.8. The number of nitrogens with two attached hydrogens (primary N) is 1. The number of benzene rings is 2. The van der Waals surface area contributed by atoms with Crippen molar-refractivity contribution in [1.82, 2.24) is 9.97 Å². The van der Waals surface area contributed by atoms with Gasteiger partial charge in [-0.25, -0.2) is 4.98 Å². The highest BCUT2D eigenvalue weighted by Crippen LogP contribution is 2.38. The first-order valence-corrected chi connectivity index (χ1v) is 10.7. The second kappa shape index (κ2) is 7.83. The highest BCUT2D eigenvalue weighted by molar-refractivity contribution is 7.21. The summed E-state index contributed by atoms with van der Waals surface area (Å²) in [5.74, 6) is 0.535. The molecule has 0 spiro atoms. The minimum atomic E-state index is 0.535. The Kier molecular flexibility index (Phi) is 5.28. The summed E-state index contributed by atoms with van der Waals surface area (Å²) >= 11 is 1.77. The van der Waals surface area contributed by atoms with Gasteiger partial charge in [0.1, 0.15) is 5.01 Å². The van der Waals surface area contributed by atoms with Crippen LogP contribution >= 0.6 is 11.3 Å². The Morgan fingerprint density at radius 2 is 1.96 bits per heavy atom. The van der Waals surface area contributed by atoms with Gasteiger partial charge in [-0.15, -0.1) is 11.3 Å². The number of para-hydroxylation sites is 2. The van der Waals surface area contributed by atoms with Crippen LogP contribution in [0.15, 0.2) is 42.5 Å². The van der Waals surface area contributed by atoms with E-state index >= 15 is 0 Å². The van der Waals surface area contributed by atoms with E-state index in [0.29, 0.717) is 5.92 Å². The van der Waals surface area contributed by atoms with Crippen LogP contribution in [0, 0.1) is 0 Å². The third kappa shape index (κ3) is 3.40. The SMILES string of the molecule is CCC(C)c1cccc2c(CCCCN)c(-c3nc4ccccc4s3)[nH]c12. The lowest BCUT2D eigenvalue weighted by Gasteiger charge is -2.10. The van der Waals surface area contributed by atoms with Crippen LogP contribution in [-0.2, 0) is 6.42 Å². The van der Waals surface area contributed by atoms with Gasteiger partial charge >= 0.3 is 0 Å². The van der Waals surface area contributed by atoms with Gasteiger partial charge < -0.3 is 10.7 Å². The number of rotatable bonds is 7. The molecule has 140 valence electrons. The summed E-state index contributed by atoms with van der Waals surface area (Å²) in [4.78, 5) is 8.69. The Balaban J connectivity index is 1.90. The number of aromatic amines is 1. The van der Waals surface area contributed by atoms with Gasteiger partial charge in [0, 0.05) is 10.9 Å². The molecule has 0 bridgehead atoms. The molecule has 2 aromatic carbocycles. The molecule has 0 amide bonds. The Labute approximate surface area is 164 Å². The van der Waals surface area contributed by atoms with Gasteiger partial charge in [-0.3, -0.25) is 0 Å².